The van der Waals surface area contributed by atoms with Gasteiger partial charge in [0.1, 0.15) is 0 Å². The summed E-state index contributed by atoms with van der Waals surface area (Å²) < 4.78 is 0. The van der Waals surface area contributed by atoms with Crippen LogP contribution in [0.3, 0.4) is 0 Å². The topological polar surface area (TPSA) is 0 Å². The fraction of sp³-hybridized carbons (Fsp3) is 0.556. The van der Waals surface area contributed by atoms with Crippen molar-refractivity contribution in [1.82, 2.24) is 0 Å². The molecule has 0 amide bonds. The highest BCUT2D eigenvalue weighted by Crippen LogP contribution is 2.36. The zero-order chi connectivity index (χ0) is 20.6. The summed E-state index contributed by atoms with van der Waals surface area (Å²) >= 11 is 0. The van der Waals surface area contributed by atoms with Crippen LogP contribution < -0.4 is 0 Å². The molecule has 0 aromatic heterocycles. The van der Waals surface area contributed by atoms with Crippen molar-refractivity contribution in [3.63, 3.8) is 0 Å². The van der Waals surface area contributed by atoms with Crippen LogP contribution in [0.1, 0.15) is 103 Å². The van der Waals surface area contributed by atoms with E-state index in [2.05, 4.69) is 112 Å². The monoisotopic (exact) mass is 364 g/mol. The van der Waals surface area contributed by atoms with Crippen molar-refractivity contribution in [1.29, 1.82) is 0 Å². The number of hydrogen-bond acceptors (Lipinski definition) is 0. The number of hydrogen-bond donors (Lipinski definition) is 0. The van der Waals surface area contributed by atoms with E-state index >= 15 is 0 Å². The van der Waals surface area contributed by atoms with E-state index in [0.717, 1.165) is 6.42 Å². The minimum absolute atomic E-state index is 0.159. The van der Waals surface area contributed by atoms with Gasteiger partial charge in [0.25, 0.3) is 0 Å². The van der Waals surface area contributed by atoms with E-state index in [9.17, 15) is 0 Å². The lowest BCUT2D eigenvalue weighted by molar-refractivity contribution is 0.528. The minimum Gasteiger partial charge on any atom is -0.0587 e. The third-order valence-corrected chi connectivity index (χ3v) is 5.59. The lowest BCUT2D eigenvalue weighted by Gasteiger charge is -2.31. The molecular formula is C27H40. The van der Waals surface area contributed by atoms with Gasteiger partial charge in [-0.05, 0) is 56.4 Å². The van der Waals surface area contributed by atoms with Crippen LogP contribution in [0.4, 0.5) is 0 Å². The third kappa shape index (κ3) is 5.47. The Morgan fingerprint density at radius 1 is 0.630 bits per heavy atom. The zero-order valence-electron chi connectivity index (χ0n) is 19.3. The van der Waals surface area contributed by atoms with Crippen LogP contribution in [0.25, 0.3) is 0 Å². The Morgan fingerprint density at radius 2 is 1.15 bits per heavy atom. The summed E-state index contributed by atoms with van der Waals surface area (Å²) in [5.41, 5.74) is 7.79. The molecule has 0 aliphatic heterocycles. The molecule has 0 aliphatic carbocycles. The van der Waals surface area contributed by atoms with Crippen LogP contribution in [0.15, 0.2) is 42.5 Å². The predicted molar refractivity (Wildman–Crippen MR) is 121 cm³/mol. The predicted octanol–water partition coefficient (Wildman–Crippen LogP) is 7.93. The Bertz CT molecular complexity index is 756. The third-order valence-electron chi connectivity index (χ3n) is 5.59. The van der Waals surface area contributed by atoms with E-state index in [1.807, 2.05) is 0 Å². The van der Waals surface area contributed by atoms with E-state index in [-0.39, 0.29) is 16.2 Å². The number of benzene rings is 2. The summed E-state index contributed by atoms with van der Waals surface area (Å²) in [5.74, 6) is 0.514. The van der Waals surface area contributed by atoms with E-state index in [0.29, 0.717) is 5.92 Å². The fourth-order valence-corrected chi connectivity index (χ4v) is 3.76. The molecular weight excluding hydrogens is 324 g/mol. The summed E-state index contributed by atoms with van der Waals surface area (Å²) in [7, 11) is 0. The first-order chi connectivity index (χ1) is 12.2. The highest BCUT2D eigenvalue weighted by atomic mass is 14.3. The molecule has 0 aliphatic rings. The molecule has 2 aromatic carbocycles. The normalized spacial score (nSPS) is 14.3. The Kier molecular flexibility index (Phi) is 6.00. The molecule has 0 heterocycles. The van der Waals surface area contributed by atoms with Gasteiger partial charge in [0.2, 0.25) is 0 Å². The van der Waals surface area contributed by atoms with Crippen LogP contribution in [-0.2, 0) is 22.7 Å². The van der Waals surface area contributed by atoms with Gasteiger partial charge >= 0.3 is 0 Å². The zero-order valence-corrected chi connectivity index (χ0v) is 19.3. The second-order valence-corrected chi connectivity index (χ2v) is 11.4. The van der Waals surface area contributed by atoms with Crippen molar-refractivity contribution in [2.45, 2.75) is 97.8 Å². The molecule has 27 heavy (non-hydrogen) atoms. The van der Waals surface area contributed by atoms with Gasteiger partial charge < -0.3 is 0 Å². The molecule has 2 aromatic rings. The Labute approximate surface area is 168 Å². The van der Waals surface area contributed by atoms with Crippen LogP contribution in [0, 0.1) is 0 Å². The summed E-state index contributed by atoms with van der Waals surface area (Å²) in [6, 6.07) is 16.4. The molecule has 0 bridgehead atoms. The SMILES string of the molecule is CC(Cc1ccc(C(C)(C)C)cc1)c1ccc(C(C)(C)C)c(C(C)(C)C)c1. The Balaban J connectivity index is 2.30. The summed E-state index contributed by atoms with van der Waals surface area (Å²) in [5, 5.41) is 0. The Hall–Kier alpha value is -1.56. The van der Waals surface area contributed by atoms with Crippen molar-refractivity contribution in [2.75, 3.05) is 0 Å². The summed E-state index contributed by atoms with van der Waals surface area (Å²) in [6.45, 7) is 23.1. The van der Waals surface area contributed by atoms with E-state index in [1.54, 1.807) is 0 Å². The molecule has 0 radical (unpaired) electrons. The highest BCUT2D eigenvalue weighted by Gasteiger charge is 2.26. The fourth-order valence-electron chi connectivity index (χ4n) is 3.76. The molecule has 0 saturated heterocycles. The standard InChI is InChI=1S/C27H40/c1-19(17-20-11-14-22(15-12-20)25(2,3)4)21-13-16-23(26(5,6)7)24(18-21)27(8,9)10/h11-16,18-19H,17H2,1-10H3. The maximum absolute atomic E-state index is 2.47. The van der Waals surface area contributed by atoms with E-state index in [4.69, 9.17) is 0 Å². The van der Waals surface area contributed by atoms with Gasteiger partial charge in [-0.2, -0.15) is 0 Å². The maximum atomic E-state index is 2.47. The molecule has 0 heteroatoms. The Morgan fingerprint density at radius 3 is 1.59 bits per heavy atom. The molecule has 2 rings (SSSR count). The lowest BCUT2D eigenvalue weighted by atomic mass is 9.74. The van der Waals surface area contributed by atoms with Gasteiger partial charge in [0.05, 0.1) is 0 Å². The first-order valence-corrected chi connectivity index (χ1v) is 10.4. The molecule has 148 valence electrons. The first-order valence-electron chi connectivity index (χ1n) is 10.4. The maximum Gasteiger partial charge on any atom is -0.0129 e. The van der Waals surface area contributed by atoms with Crippen LogP contribution in [0.2, 0.25) is 0 Å². The molecule has 0 spiro atoms. The number of rotatable bonds is 3. The molecule has 1 atom stereocenters. The molecule has 0 N–H and O–H groups in total. The van der Waals surface area contributed by atoms with Gasteiger partial charge in [-0.15, -0.1) is 0 Å². The van der Waals surface area contributed by atoms with Gasteiger partial charge in [0.15, 0.2) is 0 Å². The second-order valence-electron chi connectivity index (χ2n) is 11.4. The van der Waals surface area contributed by atoms with E-state index in [1.165, 1.54) is 27.8 Å². The van der Waals surface area contributed by atoms with Gasteiger partial charge in [-0.25, -0.2) is 0 Å². The van der Waals surface area contributed by atoms with Crippen molar-refractivity contribution >= 4 is 0 Å². The van der Waals surface area contributed by atoms with Gasteiger partial charge in [-0.1, -0.05) is 112 Å². The molecule has 1 unspecified atom stereocenters. The molecule has 0 saturated carbocycles. The average molecular weight is 365 g/mol. The van der Waals surface area contributed by atoms with Crippen molar-refractivity contribution in [3.05, 3.63) is 70.3 Å². The first kappa shape index (κ1) is 21.7. The van der Waals surface area contributed by atoms with E-state index < -0.39 is 0 Å². The minimum atomic E-state index is 0.159. The molecule has 0 fully saturated rings. The lowest BCUT2D eigenvalue weighted by Crippen LogP contribution is -2.22. The average Bonchev–Trinajstić information content (AvgIpc) is 2.52. The van der Waals surface area contributed by atoms with Crippen LogP contribution in [0.5, 0.6) is 0 Å². The smallest absolute Gasteiger partial charge is 0.0129 e. The van der Waals surface area contributed by atoms with Gasteiger partial charge in [-0.3, -0.25) is 0 Å². The van der Waals surface area contributed by atoms with Crippen LogP contribution in [-0.4, -0.2) is 0 Å². The second kappa shape index (κ2) is 7.46. The summed E-state index contributed by atoms with van der Waals surface area (Å²) in [6.07, 6.45) is 1.09. The molecule has 0 nitrogen and oxygen atoms in total. The van der Waals surface area contributed by atoms with Gasteiger partial charge in [0, 0.05) is 0 Å². The highest BCUT2D eigenvalue weighted by molar-refractivity contribution is 5.42. The quantitative estimate of drug-likeness (QED) is 0.518. The van der Waals surface area contributed by atoms with Crippen molar-refractivity contribution in [3.8, 4) is 0 Å². The van der Waals surface area contributed by atoms with Crippen LogP contribution >= 0.6 is 0 Å². The van der Waals surface area contributed by atoms with Crippen molar-refractivity contribution < 1.29 is 0 Å². The van der Waals surface area contributed by atoms with Crippen molar-refractivity contribution in [2.24, 2.45) is 0 Å². The largest absolute Gasteiger partial charge is 0.0587 e. The summed E-state index contributed by atoms with van der Waals surface area (Å²) in [4.78, 5) is 0.